The first-order valence-corrected chi connectivity index (χ1v) is 5.91. The van der Waals surface area contributed by atoms with Gasteiger partial charge >= 0.3 is 5.97 Å². The molecule has 0 heterocycles. The van der Waals surface area contributed by atoms with Crippen LogP contribution in [-0.4, -0.2) is 17.0 Å². The number of anilines is 1. The zero-order valence-electron chi connectivity index (χ0n) is 11.1. The number of aromatic carboxylic acids is 1. The van der Waals surface area contributed by atoms with Crippen molar-refractivity contribution in [1.29, 1.82) is 5.26 Å². The van der Waals surface area contributed by atoms with Gasteiger partial charge in [-0.25, -0.2) is 4.79 Å². The fourth-order valence-corrected chi connectivity index (χ4v) is 1.71. The van der Waals surface area contributed by atoms with E-state index in [1.807, 2.05) is 6.07 Å². The molecule has 0 fully saturated rings. The second-order valence-electron chi connectivity index (χ2n) is 4.67. The van der Waals surface area contributed by atoms with Crippen molar-refractivity contribution in [1.82, 2.24) is 0 Å². The molecule has 0 aliphatic heterocycles. The standard InChI is InChI=1S/C14H16N2O3/c1-8(2)12(7-15)13(17)16-10-4-5-11(14(18)19)9(3)6-10/h4-6,8,12H,1-3H3,(H,16,17)(H,18,19). The third-order valence-corrected chi connectivity index (χ3v) is 2.81. The molecule has 0 aliphatic rings. The van der Waals surface area contributed by atoms with Gasteiger partial charge in [-0.15, -0.1) is 0 Å². The van der Waals surface area contributed by atoms with Gasteiger partial charge in [0.1, 0.15) is 5.92 Å². The van der Waals surface area contributed by atoms with Crippen molar-refractivity contribution in [3.63, 3.8) is 0 Å². The number of nitriles is 1. The normalized spacial score (nSPS) is 11.7. The van der Waals surface area contributed by atoms with Crippen LogP contribution in [0.1, 0.15) is 29.8 Å². The first kappa shape index (κ1) is 14.7. The maximum absolute atomic E-state index is 11.9. The van der Waals surface area contributed by atoms with Gasteiger partial charge in [0.05, 0.1) is 11.6 Å². The summed E-state index contributed by atoms with van der Waals surface area (Å²) >= 11 is 0. The summed E-state index contributed by atoms with van der Waals surface area (Å²) in [6, 6.07) is 6.49. The average molecular weight is 260 g/mol. The summed E-state index contributed by atoms with van der Waals surface area (Å²) in [6.45, 7) is 5.25. The van der Waals surface area contributed by atoms with E-state index in [4.69, 9.17) is 10.4 Å². The van der Waals surface area contributed by atoms with E-state index >= 15 is 0 Å². The zero-order chi connectivity index (χ0) is 14.6. The van der Waals surface area contributed by atoms with Crippen molar-refractivity contribution in [2.45, 2.75) is 20.8 Å². The minimum atomic E-state index is -1.01. The topological polar surface area (TPSA) is 90.2 Å². The molecule has 2 N–H and O–H groups in total. The number of rotatable bonds is 4. The number of hydrogen-bond donors (Lipinski definition) is 2. The fourth-order valence-electron chi connectivity index (χ4n) is 1.71. The summed E-state index contributed by atoms with van der Waals surface area (Å²) in [5.74, 6) is -2.18. The second kappa shape index (κ2) is 6.01. The van der Waals surface area contributed by atoms with Crippen molar-refractivity contribution in [2.24, 2.45) is 11.8 Å². The number of carbonyl (C=O) groups is 2. The fraction of sp³-hybridized carbons (Fsp3) is 0.357. The lowest BCUT2D eigenvalue weighted by molar-refractivity contribution is -0.119. The molecule has 0 aromatic heterocycles. The number of carboxylic acid groups (broad SMARTS) is 1. The Morgan fingerprint density at radius 1 is 1.37 bits per heavy atom. The Hall–Kier alpha value is -2.35. The van der Waals surface area contributed by atoms with E-state index in [2.05, 4.69) is 5.32 Å². The lowest BCUT2D eigenvalue weighted by Gasteiger charge is -2.13. The lowest BCUT2D eigenvalue weighted by atomic mass is 9.96. The van der Waals surface area contributed by atoms with Crippen LogP contribution in [0.2, 0.25) is 0 Å². The Morgan fingerprint density at radius 2 is 2.00 bits per heavy atom. The summed E-state index contributed by atoms with van der Waals surface area (Å²) in [5, 5.41) is 20.5. The first-order chi connectivity index (χ1) is 8.86. The van der Waals surface area contributed by atoms with Crippen molar-refractivity contribution >= 4 is 17.6 Å². The van der Waals surface area contributed by atoms with Crippen LogP contribution in [0.25, 0.3) is 0 Å². The highest BCUT2D eigenvalue weighted by Gasteiger charge is 2.21. The van der Waals surface area contributed by atoms with E-state index in [0.29, 0.717) is 11.3 Å². The Bertz CT molecular complexity index is 544. The molecule has 0 aliphatic carbocycles. The Kier molecular flexibility index (Phi) is 4.65. The summed E-state index contributed by atoms with van der Waals surface area (Å²) in [5.41, 5.74) is 1.25. The average Bonchev–Trinajstić information content (AvgIpc) is 2.28. The van der Waals surface area contributed by atoms with E-state index in [-0.39, 0.29) is 17.4 Å². The van der Waals surface area contributed by atoms with E-state index < -0.39 is 11.9 Å². The van der Waals surface area contributed by atoms with Crippen LogP contribution < -0.4 is 5.32 Å². The van der Waals surface area contributed by atoms with Gasteiger partial charge in [0, 0.05) is 5.69 Å². The molecule has 0 bridgehead atoms. The number of carboxylic acids is 1. The summed E-state index contributed by atoms with van der Waals surface area (Å²) < 4.78 is 0. The molecule has 5 heteroatoms. The molecule has 0 saturated heterocycles. The number of nitrogens with zero attached hydrogens (tertiary/aromatic N) is 1. The highest BCUT2D eigenvalue weighted by atomic mass is 16.4. The van der Waals surface area contributed by atoms with Crippen molar-refractivity contribution < 1.29 is 14.7 Å². The highest BCUT2D eigenvalue weighted by molar-refractivity contribution is 5.95. The van der Waals surface area contributed by atoms with Crippen LogP contribution in [0.3, 0.4) is 0 Å². The maximum atomic E-state index is 11.9. The predicted octanol–water partition coefficient (Wildman–Crippen LogP) is 2.43. The van der Waals surface area contributed by atoms with Crippen LogP contribution in [0.15, 0.2) is 18.2 Å². The van der Waals surface area contributed by atoms with Gasteiger partial charge in [0.15, 0.2) is 0 Å². The zero-order valence-corrected chi connectivity index (χ0v) is 11.1. The molecule has 1 rings (SSSR count). The SMILES string of the molecule is Cc1cc(NC(=O)C(C#N)C(C)C)ccc1C(=O)O. The third kappa shape index (κ3) is 3.55. The van der Waals surface area contributed by atoms with Crippen molar-refractivity contribution in [3.05, 3.63) is 29.3 Å². The molecular weight excluding hydrogens is 244 g/mol. The quantitative estimate of drug-likeness (QED) is 0.869. The van der Waals surface area contributed by atoms with Gasteiger partial charge in [-0.05, 0) is 36.6 Å². The second-order valence-corrected chi connectivity index (χ2v) is 4.67. The van der Waals surface area contributed by atoms with Gasteiger partial charge in [-0.2, -0.15) is 5.26 Å². The molecule has 100 valence electrons. The van der Waals surface area contributed by atoms with Gasteiger partial charge in [-0.1, -0.05) is 13.8 Å². The van der Waals surface area contributed by atoms with Crippen molar-refractivity contribution in [2.75, 3.05) is 5.32 Å². The number of nitrogens with one attached hydrogen (secondary N) is 1. The molecule has 19 heavy (non-hydrogen) atoms. The van der Waals surface area contributed by atoms with Crippen LogP contribution >= 0.6 is 0 Å². The van der Waals surface area contributed by atoms with E-state index in [0.717, 1.165) is 0 Å². The van der Waals surface area contributed by atoms with Crippen LogP contribution in [0.4, 0.5) is 5.69 Å². The molecule has 0 saturated carbocycles. The van der Waals surface area contributed by atoms with Crippen molar-refractivity contribution in [3.8, 4) is 6.07 Å². The van der Waals surface area contributed by atoms with E-state index in [1.165, 1.54) is 12.1 Å². The minimum Gasteiger partial charge on any atom is -0.478 e. The number of benzene rings is 1. The molecule has 1 amide bonds. The van der Waals surface area contributed by atoms with Crippen LogP contribution in [0, 0.1) is 30.1 Å². The number of carbonyl (C=O) groups excluding carboxylic acids is 1. The van der Waals surface area contributed by atoms with Gasteiger partial charge in [-0.3, -0.25) is 4.79 Å². The lowest BCUT2D eigenvalue weighted by Crippen LogP contribution is -2.25. The molecular formula is C14H16N2O3. The van der Waals surface area contributed by atoms with Gasteiger partial charge in [0.2, 0.25) is 5.91 Å². The first-order valence-electron chi connectivity index (χ1n) is 5.91. The summed E-state index contributed by atoms with van der Waals surface area (Å²) in [4.78, 5) is 22.7. The third-order valence-electron chi connectivity index (χ3n) is 2.81. The number of hydrogen-bond acceptors (Lipinski definition) is 3. The number of amides is 1. The van der Waals surface area contributed by atoms with E-state index in [1.54, 1.807) is 26.8 Å². The van der Waals surface area contributed by atoms with Crippen LogP contribution in [-0.2, 0) is 4.79 Å². The van der Waals surface area contributed by atoms with Crippen LogP contribution in [0.5, 0.6) is 0 Å². The predicted molar refractivity (Wildman–Crippen MR) is 70.7 cm³/mol. The Morgan fingerprint density at radius 3 is 2.42 bits per heavy atom. The summed E-state index contributed by atoms with van der Waals surface area (Å²) in [7, 11) is 0. The smallest absolute Gasteiger partial charge is 0.335 e. The molecule has 5 nitrogen and oxygen atoms in total. The molecule has 0 radical (unpaired) electrons. The number of aryl methyl sites for hydroxylation is 1. The highest BCUT2D eigenvalue weighted by Crippen LogP contribution is 2.18. The molecule has 1 atom stereocenters. The molecule has 0 spiro atoms. The van der Waals surface area contributed by atoms with Gasteiger partial charge < -0.3 is 10.4 Å². The minimum absolute atomic E-state index is 0.0793. The Balaban J connectivity index is 2.90. The monoisotopic (exact) mass is 260 g/mol. The largest absolute Gasteiger partial charge is 0.478 e. The maximum Gasteiger partial charge on any atom is 0.335 e. The molecule has 1 aromatic rings. The van der Waals surface area contributed by atoms with E-state index in [9.17, 15) is 9.59 Å². The molecule has 1 aromatic carbocycles. The van der Waals surface area contributed by atoms with Gasteiger partial charge in [0.25, 0.3) is 0 Å². The Labute approximate surface area is 111 Å². The molecule has 1 unspecified atom stereocenters. The summed E-state index contributed by atoms with van der Waals surface area (Å²) in [6.07, 6.45) is 0.